The minimum Gasteiger partial charge on any atom is -0.457 e. The number of amides is 1. The monoisotopic (exact) mass is 477 g/mol. The Morgan fingerprint density at radius 2 is 1.89 bits per heavy atom. The van der Waals surface area contributed by atoms with Gasteiger partial charge in [-0.25, -0.2) is 9.59 Å². The van der Waals surface area contributed by atoms with Gasteiger partial charge in [0, 0.05) is 0 Å². The fraction of sp³-hybridized carbons (Fsp3) is 0.296. The van der Waals surface area contributed by atoms with Crippen molar-refractivity contribution in [2.24, 2.45) is 5.92 Å². The van der Waals surface area contributed by atoms with Crippen LogP contribution in [0.4, 0.5) is 4.79 Å². The number of rotatable bonds is 9. The second-order valence-electron chi connectivity index (χ2n) is 8.41. The Morgan fingerprint density at radius 1 is 1.17 bits per heavy atom. The van der Waals surface area contributed by atoms with Gasteiger partial charge in [-0.2, -0.15) is 0 Å². The summed E-state index contributed by atoms with van der Waals surface area (Å²) in [4.78, 5) is 39.5. The average molecular weight is 478 g/mol. The largest absolute Gasteiger partial charge is 0.508 e. The molecule has 0 aromatic heterocycles. The molecule has 2 heterocycles. The van der Waals surface area contributed by atoms with Crippen LogP contribution in [-0.4, -0.2) is 53.4 Å². The molecular formula is C27H27NO7. The van der Waals surface area contributed by atoms with Crippen LogP contribution < -0.4 is 0 Å². The predicted molar refractivity (Wildman–Crippen MR) is 129 cm³/mol. The molecule has 35 heavy (non-hydrogen) atoms. The van der Waals surface area contributed by atoms with E-state index in [0.717, 1.165) is 16.3 Å². The minimum atomic E-state index is -0.887. The van der Waals surface area contributed by atoms with Crippen LogP contribution in [0.15, 0.2) is 67.4 Å². The van der Waals surface area contributed by atoms with E-state index in [4.69, 9.17) is 14.2 Å². The molecule has 3 atom stereocenters. The van der Waals surface area contributed by atoms with E-state index in [1.807, 2.05) is 36.4 Å². The fourth-order valence-electron chi connectivity index (χ4n) is 4.79. The third-order valence-corrected chi connectivity index (χ3v) is 6.31. The molecular weight excluding hydrogens is 450 g/mol. The number of β-lactam (4-membered cyclic amide) rings is 1. The normalized spacial score (nSPS) is 19.6. The molecule has 0 spiro atoms. The lowest BCUT2D eigenvalue weighted by Gasteiger charge is -2.45. The predicted octanol–water partition coefficient (Wildman–Crippen LogP) is 3.73. The molecule has 0 unspecified atom stereocenters. The molecule has 1 N–H and O–H groups in total. The molecule has 1 saturated heterocycles. The lowest BCUT2D eigenvalue weighted by Crippen LogP contribution is -2.62. The van der Waals surface area contributed by atoms with Gasteiger partial charge in [0.15, 0.2) is 0 Å². The van der Waals surface area contributed by atoms with Gasteiger partial charge in [0.2, 0.25) is 5.91 Å². The SMILES string of the molecule is C=CCOC(=O)O[C@H](C)[C@H]1C(=O)N2C(C(=O)OCC=C)=C(c3cc(CO)c4ccccc4c3)C[C@H]12. The standard InChI is InChI=1S/C27H27NO7/c1-4-10-33-26(31)24-21(18-12-17-8-6-7-9-20(17)19(13-18)15-29)14-22-23(25(30)28(22)24)16(3)35-27(32)34-11-5-2/h4-9,12-13,16,22-23,29H,1-2,10-11,14-15H2,3H3/t16-,22-,23-/m1/s1. The molecule has 0 saturated carbocycles. The Bertz CT molecular complexity index is 1230. The molecule has 2 aromatic rings. The highest BCUT2D eigenvalue weighted by Gasteiger charge is 2.58. The van der Waals surface area contributed by atoms with Crippen molar-refractivity contribution in [3.63, 3.8) is 0 Å². The first-order chi connectivity index (χ1) is 16.9. The Balaban J connectivity index is 1.69. The van der Waals surface area contributed by atoms with E-state index >= 15 is 0 Å². The van der Waals surface area contributed by atoms with Crippen LogP contribution in [0.1, 0.15) is 24.5 Å². The number of ether oxygens (including phenoxy) is 3. The van der Waals surface area contributed by atoms with Crippen molar-refractivity contribution < 1.29 is 33.7 Å². The number of nitrogens with zero attached hydrogens (tertiary/aromatic N) is 1. The maximum atomic E-state index is 13.2. The molecule has 0 bridgehead atoms. The molecule has 2 aliphatic heterocycles. The Morgan fingerprint density at radius 3 is 2.60 bits per heavy atom. The average Bonchev–Trinajstić information content (AvgIpc) is 3.20. The van der Waals surface area contributed by atoms with Crippen LogP contribution in [0.5, 0.6) is 0 Å². The summed E-state index contributed by atoms with van der Waals surface area (Å²) in [6.45, 7) is 8.50. The topological polar surface area (TPSA) is 102 Å². The van der Waals surface area contributed by atoms with E-state index in [-0.39, 0.29) is 37.5 Å². The van der Waals surface area contributed by atoms with Crippen molar-refractivity contribution >= 4 is 34.4 Å². The van der Waals surface area contributed by atoms with E-state index < -0.39 is 24.1 Å². The van der Waals surface area contributed by atoms with Gasteiger partial charge in [-0.05, 0) is 52.9 Å². The van der Waals surface area contributed by atoms with Gasteiger partial charge in [-0.1, -0.05) is 49.6 Å². The zero-order valence-corrected chi connectivity index (χ0v) is 19.4. The second kappa shape index (κ2) is 10.1. The van der Waals surface area contributed by atoms with Crippen molar-refractivity contribution in [1.29, 1.82) is 0 Å². The third kappa shape index (κ3) is 4.44. The molecule has 4 rings (SSSR count). The highest BCUT2D eigenvalue weighted by Crippen LogP contribution is 2.48. The maximum absolute atomic E-state index is 13.2. The Kier molecular flexibility index (Phi) is 7.02. The lowest BCUT2D eigenvalue weighted by molar-refractivity contribution is -0.162. The molecule has 1 fully saturated rings. The Labute approximate surface area is 203 Å². The van der Waals surface area contributed by atoms with Crippen molar-refractivity contribution in [2.75, 3.05) is 13.2 Å². The molecule has 8 heteroatoms. The first-order valence-electron chi connectivity index (χ1n) is 11.3. The highest BCUT2D eigenvalue weighted by molar-refractivity contribution is 6.07. The van der Waals surface area contributed by atoms with E-state index in [1.165, 1.54) is 17.1 Å². The maximum Gasteiger partial charge on any atom is 0.508 e. The van der Waals surface area contributed by atoms with Gasteiger partial charge in [0.05, 0.1) is 18.6 Å². The van der Waals surface area contributed by atoms with E-state index in [2.05, 4.69) is 13.2 Å². The van der Waals surface area contributed by atoms with Crippen LogP contribution in [0.2, 0.25) is 0 Å². The molecule has 0 radical (unpaired) electrons. The fourth-order valence-corrected chi connectivity index (χ4v) is 4.79. The number of aliphatic hydroxyl groups is 1. The third-order valence-electron chi connectivity index (χ3n) is 6.31. The first kappa shape index (κ1) is 24.2. The quantitative estimate of drug-likeness (QED) is 0.334. The number of hydrogen-bond donors (Lipinski definition) is 1. The summed E-state index contributed by atoms with van der Waals surface area (Å²) in [6.07, 6.45) is 1.60. The number of esters is 1. The Hall–Kier alpha value is -3.91. The number of benzene rings is 2. The van der Waals surface area contributed by atoms with Crippen LogP contribution in [0, 0.1) is 5.92 Å². The number of fused-ring (bicyclic) bond motifs is 2. The van der Waals surface area contributed by atoms with Crippen molar-refractivity contribution in [1.82, 2.24) is 4.90 Å². The van der Waals surface area contributed by atoms with Crippen LogP contribution in [0.3, 0.4) is 0 Å². The summed E-state index contributed by atoms with van der Waals surface area (Å²) in [5.74, 6) is -1.60. The lowest BCUT2D eigenvalue weighted by atomic mass is 9.82. The molecule has 2 aromatic carbocycles. The van der Waals surface area contributed by atoms with Gasteiger partial charge in [0.1, 0.15) is 25.0 Å². The number of aliphatic hydroxyl groups excluding tert-OH is 1. The second-order valence-corrected chi connectivity index (χ2v) is 8.41. The van der Waals surface area contributed by atoms with Crippen LogP contribution >= 0.6 is 0 Å². The van der Waals surface area contributed by atoms with Gasteiger partial charge < -0.3 is 24.2 Å². The summed E-state index contributed by atoms with van der Waals surface area (Å²) in [5, 5.41) is 11.8. The van der Waals surface area contributed by atoms with Gasteiger partial charge in [-0.15, -0.1) is 0 Å². The van der Waals surface area contributed by atoms with E-state index in [1.54, 1.807) is 6.92 Å². The van der Waals surface area contributed by atoms with Crippen molar-refractivity contribution in [3.8, 4) is 0 Å². The van der Waals surface area contributed by atoms with Crippen molar-refractivity contribution in [2.45, 2.75) is 32.1 Å². The summed E-state index contributed by atoms with van der Waals surface area (Å²) in [7, 11) is 0. The molecule has 0 aliphatic carbocycles. The zero-order chi connectivity index (χ0) is 25.1. The summed E-state index contributed by atoms with van der Waals surface area (Å²) < 4.78 is 15.5. The van der Waals surface area contributed by atoms with Gasteiger partial charge >= 0.3 is 12.1 Å². The van der Waals surface area contributed by atoms with Crippen LogP contribution in [0.25, 0.3) is 16.3 Å². The molecule has 8 nitrogen and oxygen atoms in total. The minimum absolute atomic E-state index is 0.00000732. The number of hydrogen-bond acceptors (Lipinski definition) is 7. The molecule has 2 aliphatic rings. The zero-order valence-electron chi connectivity index (χ0n) is 19.4. The van der Waals surface area contributed by atoms with Gasteiger partial charge in [-0.3, -0.25) is 4.79 Å². The summed E-state index contributed by atoms with van der Waals surface area (Å²) in [6, 6.07) is 11.0. The van der Waals surface area contributed by atoms with Crippen molar-refractivity contribution in [3.05, 3.63) is 78.5 Å². The highest BCUT2D eigenvalue weighted by atomic mass is 16.7. The van der Waals surface area contributed by atoms with E-state index in [0.29, 0.717) is 17.6 Å². The molecule has 182 valence electrons. The smallest absolute Gasteiger partial charge is 0.457 e. The summed E-state index contributed by atoms with van der Waals surface area (Å²) >= 11 is 0. The number of carbonyl (C=O) groups is 3. The van der Waals surface area contributed by atoms with Gasteiger partial charge in [0.25, 0.3) is 0 Å². The van der Waals surface area contributed by atoms with E-state index in [9.17, 15) is 19.5 Å². The first-order valence-corrected chi connectivity index (χ1v) is 11.3. The van der Waals surface area contributed by atoms with Crippen LogP contribution in [-0.2, 0) is 30.4 Å². The molecule has 1 amide bonds. The number of carbonyl (C=O) groups excluding carboxylic acids is 3. The summed E-state index contributed by atoms with van der Waals surface area (Å²) in [5.41, 5.74) is 2.24.